The van der Waals surface area contributed by atoms with Crippen molar-refractivity contribution in [2.45, 2.75) is 51.1 Å². The van der Waals surface area contributed by atoms with E-state index in [0.29, 0.717) is 0 Å². The third-order valence-corrected chi connectivity index (χ3v) is 4.81. The van der Waals surface area contributed by atoms with Crippen LogP contribution in [0.1, 0.15) is 45.5 Å². The maximum atomic E-state index is 11.3. The lowest BCUT2D eigenvalue weighted by atomic mass is 9.66. The number of hydrogen-bond acceptors (Lipinski definition) is 6. The Labute approximate surface area is 144 Å². The van der Waals surface area contributed by atoms with Gasteiger partial charge in [-0.2, -0.15) is 0 Å². The fraction of sp³-hybridized carbons (Fsp3) is 0.615. The zero-order valence-electron chi connectivity index (χ0n) is 13.3. The van der Waals surface area contributed by atoms with E-state index < -0.39 is 30.1 Å². The Bertz CT molecular complexity index is 603. The Morgan fingerprint density at radius 2 is 1.65 bits per heavy atom. The number of hydrogen-bond donors (Lipinski definition) is 2. The summed E-state index contributed by atoms with van der Waals surface area (Å²) in [6, 6.07) is 0. The third-order valence-electron chi connectivity index (χ3n) is 4.24. The van der Waals surface area contributed by atoms with Crippen LogP contribution in [-0.2, 0) is 14.1 Å². The van der Waals surface area contributed by atoms with E-state index in [0.717, 1.165) is 0 Å². The molecule has 0 spiro atoms. The summed E-state index contributed by atoms with van der Waals surface area (Å²) in [5.41, 5.74) is 4.51. The number of carboxylic acids is 1. The Kier molecular flexibility index (Phi) is 4.83. The average molecular weight is 362 g/mol. The summed E-state index contributed by atoms with van der Waals surface area (Å²) in [6.07, 6.45) is -0.302. The summed E-state index contributed by atoms with van der Waals surface area (Å²) in [6.45, 7) is 7.47. The highest BCUT2D eigenvalue weighted by molar-refractivity contribution is 6.49. The predicted octanol–water partition coefficient (Wildman–Crippen LogP) is 2.56. The number of nitrogens with zero attached hydrogens (tertiary/aromatic N) is 2. The van der Waals surface area contributed by atoms with Crippen LogP contribution in [0.25, 0.3) is 0 Å². The van der Waals surface area contributed by atoms with Crippen LogP contribution < -0.4 is 5.73 Å². The lowest BCUT2D eigenvalue weighted by molar-refractivity contribution is -0.137. The van der Waals surface area contributed by atoms with E-state index in [4.69, 9.17) is 38.2 Å². The van der Waals surface area contributed by atoms with Crippen molar-refractivity contribution in [3.8, 4) is 0 Å². The fourth-order valence-corrected chi connectivity index (χ4v) is 2.99. The molecular formula is C13H18BCl2N3O4. The molecule has 1 aliphatic heterocycles. The van der Waals surface area contributed by atoms with Gasteiger partial charge >= 0.3 is 13.1 Å². The summed E-state index contributed by atoms with van der Waals surface area (Å²) in [4.78, 5) is 19.0. The minimum Gasteiger partial charge on any atom is -0.481 e. The molecule has 1 aromatic heterocycles. The monoisotopic (exact) mass is 361 g/mol. The van der Waals surface area contributed by atoms with Crippen molar-refractivity contribution >= 4 is 42.2 Å². The van der Waals surface area contributed by atoms with Gasteiger partial charge < -0.3 is 20.1 Å². The molecule has 0 amide bonds. The normalized spacial score (nSPS) is 20.5. The van der Waals surface area contributed by atoms with Gasteiger partial charge in [0.2, 0.25) is 5.95 Å². The molecule has 10 heteroatoms. The van der Waals surface area contributed by atoms with Gasteiger partial charge in [-0.05, 0) is 27.7 Å². The third kappa shape index (κ3) is 3.55. The predicted molar refractivity (Wildman–Crippen MR) is 87.5 cm³/mol. The van der Waals surface area contributed by atoms with Crippen LogP contribution in [0.5, 0.6) is 0 Å². The number of aliphatic carboxylic acids is 1. The van der Waals surface area contributed by atoms with Gasteiger partial charge in [-0.25, -0.2) is 9.97 Å². The standard InChI is InChI=1S/C13H18BCl2N3O4/c1-12(2)13(3,4)23-14(22-12)6(5-7(20)21)8-9(15)18-11(17)19-10(8)16/h6H,5H2,1-4H3,(H,20,21)(H2,17,18,19). The van der Waals surface area contributed by atoms with E-state index in [9.17, 15) is 9.90 Å². The summed E-state index contributed by atoms with van der Waals surface area (Å²) in [7, 11) is -0.849. The van der Waals surface area contributed by atoms with Crippen LogP contribution in [0.4, 0.5) is 5.95 Å². The van der Waals surface area contributed by atoms with Gasteiger partial charge in [0.25, 0.3) is 0 Å². The van der Waals surface area contributed by atoms with Gasteiger partial charge in [-0.15, -0.1) is 0 Å². The van der Waals surface area contributed by atoms with E-state index in [1.54, 1.807) is 0 Å². The van der Waals surface area contributed by atoms with Gasteiger partial charge in [0.15, 0.2) is 0 Å². The van der Waals surface area contributed by atoms with Gasteiger partial charge in [0, 0.05) is 11.4 Å². The number of carbonyl (C=O) groups is 1. The second-order valence-corrected chi connectivity index (χ2v) is 7.12. The molecule has 1 aromatic rings. The highest BCUT2D eigenvalue weighted by atomic mass is 35.5. The molecule has 1 atom stereocenters. The SMILES string of the molecule is CC1(C)OB(C(CC(=O)O)c2c(Cl)nc(N)nc2Cl)OC1(C)C. The average Bonchev–Trinajstić information content (AvgIpc) is 2.55. The highest BCUT2D eigenvalue weighted by Crippen LogP contribution is 2.44. The molecule has 0 bridgehead atoms. The van der Waals surface area contributed by atoms with Crippen LogP contribution >= 0.6 is 23.2 Å². The van der Waals surface area contributed by atoms with Gasteiger partial charge in [-0.3, -0.25) is 4.79 Å². The Hall–Kier alpha value is -1.09. The summed E-state index contributed by atoms with van der Waals surface area (Å²) >= 11 is 12.2. The molecule has 1 aliphatic rings. The van der Waals surface area contributed by atoms with Crippen LogP contribution in [-0.4, -0.2) is 39.4 Å². The van der Waals surface area contributed by atoms with Crippen LogP contribution in [0, 0.1) is 0 Å². The Morgan fingerprint density at radius 1 is 1.22 bits per heavy atom. The first-order valence-electron chi connectivity index (χ1n) is 7.00. The highest BCUT2D eigenvalue weighted by Gasteiger charge is 2.55. The molecular weight excluding hydrogens is 344 g/mol. The molecule has 2 heterocycles. The molecule has 126 valence electrons. The van der Waals surface area contributed by atoms with Crippen LogP contribution in [0.2, 0.25) is 10.3 Å². The first-order valence-corrected chi connectivity index (χ1v) is 7.76. The first kappa shape index (κ1) is 18.3. The molecule has 0 saturated carbocycles. The number of halogens is 2. The molecule has 2 rings (SSSR count). The van der Waals surface area contributed by atoms with Crippen LogP contribution in [0.3, 0.4) is 0 Å². The number of anilines is 1. The van der Waals surface area contributed by atoms with Crippen molar-refractivity contribution in [1.29, 1.82) is 0 Å². The van der Waals surface area contributed by atoms with E-state index in [1.165, 1.54) is 0 Å². The maximum Gasteiger partial charge on any atom is 0.466 e. The first-order chi connectivity index (χ1) is 10.4. The minimum absolute atomic E-state index is 0.0107. The largest absolute Gasteiger partial charge is 0.481 e. The lowest BCUT2D eigenvalue weighted by Gasteiger charge is -2.32. The second kappa shape index (κ2) is 6.09. The number of carboxylic acid groups (broad SMARTS) is 1. The Balaban J connectivity index is 2.46. The van der Waals surface area contributed by atoms with Crippen molar-refractivity contribution in [2.75, 3.05) is 5.73 Å². The van der Waals surface area contributed by atoms with E-state index in [2.05, 4.69) is 9.97 Å². The fourth-order valence-electron chi connectivity index (χ4n) is 2.31. The molecule has 0 radical (unpaired) electrons. The minimum atomic E-state index is -1.05. The lowest BCUT2D eigenvalue weighted by Crippen LogP contribution is -2.41. The number of aromatic nitrogens is 2. The Morgan fingerprint density at radius 3 is 2.04 bits per heavy atom. The smallest absolute Gasteiger partial charge is 0.466 e. The van der Waals surface area contributed by atoms with Crippen molar-refractivity contribution in [2.24, 2.45) is 0 Å². The van der Waals surface area contributed by atoms with Crippen molar-refractivity contribution in [3.63, 3.8) is 0 Å². The quantitative estimate of drug-likeness (QED) is 0.626. The molecule has 7 nitrogen and oxygen atoms in total. The molecule has 1 saturated heterocycles. The summed E-state index contributed by atoms with van der Waals surface area (Å²) < 4.78 is 11.9. The van der Waals surface area contributed by atoms with Gasteiger partial charge in [-0.1, -0.05) is 23.2 Å². The van der Waals surface area contributed by atoms with Crippen molar-refractivity contribution in [1.82, 2.24) is 9.97 Å². The number of nitrogens with two attached hydrogens (primary N) is 1. The summed E-state index contributed by atoms with van der Waals surface area (Å²) in [5.74, 6) is -1.91. The molecule has 0 aliphatic carbocycles. The maximum absolute atomic E-state index is 11.3. The van der Waals surface area contributed by atoms with Gasteiger partial charge in [0.05, 0.1) is 17.6 Å². The molecule has 0 aromatic carbocycles. The molecule has 1 fully saturated rings. The zero-order valence-corrected chi connectivity index (χ0v) is 14.8. The van der Waals surface area contributed by atoms with E-state index in [1.807, 2.05) is 27.7 Å². The number of nitrogen functional groups attached to an aromatic ring is 1. The zero-order chi connectivity index (χ0) is 17.6. The molecule has 1 unspecified atom stereocenters. The van der Waals surface area contributed by atoms with E-state index in [-0.39, 0.29) is 28.2 Å². The van der Waals surface area contributed by atoms with Crippen molar-refractivity contribution < 1.29 is 19.2 Å². The topological polar surface area (TPSA) is 108 Å². The molecule has 3 N–H and O–H groups in total. The second-order valence-electron chi connectivity index (χ2n) is 6.41. The van der Waals surface area contributed by atoms with Crippen LogP contribution in [0.15, 0.2) is 0 Å². The van der Waals surface area contributed by atoms with Crippen molar-refractivity contribution in [3.05, 3.63) is 15.9 Å². The molecule has 23 heavy (non-hydrogen) atoms. The summed E-state index contributed by atoms with van der Waals surface area (Å²) in [5, 5.41) is 9.22. The van der Waals surface area contributed by atoms with E-state index >= 15 is 0 Å². The van der Waals surface area contributed by atoms with Gasteiger partial charge in [0.1, 0.15) is 10.3 Å². The number of rotatable bonds is 4.